The normalized spacial score (nSPS) is 16.8. The highest BCUT2D eigenvalue weighted by molar-refractivity contribution is 7.18. The van der Waals surface area contributed by atoms with Crippen molar-refractivity contribution in [1.29, 1.82) is 0 Å². The van der Waals surface area contributed by atoms with Gasteiger partial charge in [0.25, 0.3) is 5.91 Å². The third-order valence-corrected chi connectivity index (χ3v) is 5.68. The number of fused-ring (bicyclic) bond motifs is 1. The van der Waals surface area contributed by atoms with Crippen molar-refractivity contribution < 1.29 is 14.3 Å². The van der Waals surface area contributed by atoms with Gasteiger partial charge >= 0.3 is 0 Å². The zero-order valence-electron chi connectivity index (χ0n) is 14.1. The second-order valence-corrected chi connectivity index (χ2v) is 7.30. The average molecular weight is 366 g/mol. The van der Waals surface area contributed by atoms with E-state index in [9.17, 15) is 9.59 Å². The number of amides is 1. The number of benzene rings is 2. The number of carbonyl (C=O) groups is 2. The molecule has 132 valence electrons. The van der Waals surface area contributed by atoms with Crippen LogP contribution in [-0.4, -0.2) is 35.2 Å². The number of likely N-dealkylation sites (tertiary alicyclic amines) is 1. The maximum absolute atomic E-state index is 12.7. The summed E-state index contributed by atoms with van der Waals surface area (Å²) in [5.41, 5.74) is 1.57. The van der Waals surface area contributed by atoms with E-state index in [1.807, 2.05) is 23.1 Å². The molecular weight excluding hydrogens is 348 g/mol. The number of hydrogen-bond acceptors (Lipinski definition) is 5. The molecule has 1 aromatic heterocycles. The first kappa shape index (κ1) is 16.7. The Morgan fingerprint density at radius 1 is 1.23 bits per heavy atom. The molecule has 1 saturated heterocycles. The van der Waals surface area contributed by atoms with Gasteiger partial charge in [-0.25, -0.2) is 4.98 Å². The van der Waals surface area contributed by atoms with Crippen LogP contribution in [0, 0.1) is 0 Å². The van der Waals surface area contributed by atoms with Gasteiger partial charge in [-0.05, 0) is 49.2 Å². The predicted octanol–water partition coefficient (Wildman–Crippen LogP) is 3.85. The molecule has 0 radical (unpaired) electrons. The van der Waals surface area contributed by atoms with Crippen LogP contribution < -0.4 is 4.74 Å². The predicted molar refractivity (Wildman–Crippen MR) is 101 cm³/mol. The number of aldehydes is 1. The lowest BCUT2D eigenvalue weighted by Gasteiger charge is -2.23. The Bertz CT molecular complexity index is 903. The quantitative estimate of drug-likeness (QED) is 0.644. The molecule has 1 aliphatic heterocycles. The maximum Gasteiger partial charge on any atom is 0.261 e. The van der Waals surface area contributed by atoms with Crippen molar-refractivity contribution in [3.8, 4) is 5.75 Å². The highest BCUT2D eigenvalue weighted by Crippen LogP contribution is 2.36. The van der Waals surface area contributed by atoms with Crippen LogP contribution in [0.3, 0.4) is 0 Å². The summed E-state index contributed by atoms with van der Waals surface area (Å²) in [6, 6.07) is 14.8. The first-order valence-corrected chi connectivity index (χ1v) is 9.39. The number of para-hydroxylation sites is 1. The number of ether oxygens (including phenoxy) is 1. The Labute approximate surface area is 155 Å². The fraction of sp³-hybridized carbons (Fsp3) is 0.250. The van der Waals surface area contributed by atoms with Crippen LogP contribution >= 0.6 is 11.3 Å². The van der Waals surface area contributed by atoms with Crippen LogP contribution in [0.5, 0.6) is 5.75 Å². The minimum Gasteiger partial charge on any atom is -0.484 e. The molecular formula is C20H18N2O3S. The molecule has 4 rings (SSSR count). The van der Waals surface area contributed by atoms with Crippen molar-refractivity contribution >= 4 is 33.7 Å². The molecule has 0 aliphatic carbocycles. The van der Waals surface area contributed by atoms with Gasteiger partial charge in [-0.1, -0.05) is 12.1 Å². The lowest BCUT2D eigenvalue weighted by Crippen LogP contribution is -2.34. The maximum atomic E-state index is 12.7. The molecule has 0 N–H and O–H groups in total. The number of rotatable bonds is 5. The van der Waals surface area contributed by atoms with Crippen LogP contribution in [0.2, 0.25) is 0 Å². The van der Waals surface area contributed by atoms with Gasteiger partial charge in [0.05, 0.1) is 16.3 Å². The van der Waals surface area contributed by atoms with E-state index in [4.69, 9.17) is 9.72 Å². The van der Waals surface area contributed by atoms with Gasteiger partial charge in [-0.3, -0.25) is 9.59 Å². The highest BCUT2D eigenvalue weighted by atomic mass is 32.1. The van der Waals surface area contributed by atoms with E-state index >= 15 is 0 Å². The number of thiazole rings is 1. The number of hydrogen-bond donors (Lipinski definition) is 0. The van der Waals surface area contributed by atoms with Crippen LogP contribution in [-0.2, 0) is 4.79 Å². The van der Waals surface area contributed by atoms with Crippen molar-refractivity contribution in [3.05, 3.63) is 59.1 Å². The fourth-order valence-corrected chi connectivity index (χ4v) is 4.34. The van der Waals surface area contributed by atoms with Gasteiger partial charge in [-0.15, -0.1) is 11.3 Å². The second kappa shape index (κ2) is 7.25. The summed E-state index contributed by atoms with van der Waals surface area (Å²) < 4.78 is 6.75. The van der Waals surface area contributed by atoms with Gasteiger partial charge in [0.1, 0.15) is 17.0 Å². The van der Waals surface area contributed by atoms with Crippen LogP contribution in [0.4, 0.5) is 0 Å². The minimum absolute atomic E-state index is 0.0121. The number of aromatic nitrogens is 1. The van der Waals surface area contributed by atoms with E-state index < -0.39 is 0 Å². The van der Waals surface area contributed by atoms with Crippen molar-refractivity contribution in [2.75, 3.05) is 13.2 Å². The summed E-state index contributed by atoms with van der Waals surface area (Å²) in [5, 5.41) is 0.993. The van der Waals surface area contributed by atoms with Crippen LogP contribution in [0.15, 0.2) is 48.5 Å². The molecule has 1 unspecified atom stereocenters. The van der Waals surface area contributed by atoms with Crippen molar-refractivity contribution in [1.82, 2.24) is 9.88 Å². The molecule has 1 atom stereocenters. The molecule has 0 spiro atoms. The second-order valence-electron chi connectivity index (χ2n) is 6.24. The first-order valence-electron chi connectivity index (χ1n) is 8.57. The lowest BCUT2D eigenvalue weighted by atomic mass is 10.2. The van der Waals surface area contributed by atoms with E-state index in [-0.39, 0.29) is 18.6 Å². The Kier molecular flexibility index (Phi) is 4.67. The van der Waals surface area contributed by atoms with Crippen LogP contribution in [0.1, 0.15) is 34.2 Å². The monoisotopic (exact) mass is 366 g/mol. The van der Waals surface area contributed by atoms with E-state index in [0.717, 1.165) is 40.9 Å². The molecule has 0 bridgehead atoms. The topological polar surface area (TPSA) is 59.5 Å². The molecule has 6 heteroatoms. The van der Waals surface area contributed by atoms with Gasteiger partial charge in [0, 0.05) is 12.1 Å². The molecule has 2 heterocycles. The molecule has 1 amide bonds. The van der Waals surface area contributed by atoms with Crippen molar-refractivity contribution in [2.45, 2.75) is 18.9 Å². The van der Waals surface area contributed by atoms with Crippen molar-refractivity contribution in [3.63, 3.8) is 0 Å². The van der Waals surface area contributed by atoms with Crippen molar-refractivity contribution in [2.24, 2.45) is 0 Å². The Morgan fingerprint density at radius 2 is 2.04 bits per heavy atom. The third kappa shape index (κ3) is 3.32. The van der Waals surface area contributed by atoms with Gasteiger partial charge in [0.2, 0.25) is 0 Å². The molecule has 5 nitrogen and oxygen atoms in total. The molecule has 1 fully saturated rings. The summed E-state index contributed by atoms with van der Waals surface area (Å²) in [7, 11) is 0. The van der Waals surface area contributed by atoms with Gasteiger partial charge in [0.15, 0.2) is 6.61 Å². The number of nitrogens with zero attached hydrogens (tertiary/aromatic N) is 2. The molecule has 0 saturated carbocycles. The van der Waals surface area contributed by atoms with Gasteiger partial charge < -0.3 is 9.64 Å². The Balaban J connectivity index is 1.45. The smallest absolute Gasteiger partial charge is 0.261 e. The summed E-state index contributed by atoms with van der Waals surface area (Å²) in [4.78, 5) is 29.9. The summed E-state index contributed by atoms with van der Waals surface area (Å²) in [5.74, 6) is 0.547. The first-order chi connectivity index (χ1) is 12.7. The SMILES string of the molecule is O=Cc1ccc(OCC(=O)N2CCCC2c2nc3ccccc3s2)cc1. The highest BCUT2D eigenvalue weighted by Gasteiger charge is 2.32. The standard InChI is InChI=1S/C20H18N2O3S/c23-12-14-7-9-15(10-8-14)25-13-19(24)22-11-3-5-17(22)20-21-16-4-1-2-6-18(16)26-20/h1-2,4,6-10,12,17H,3,5,11,13H2. The average Bonchev–Trinajstić information content (AvgIpc) is 3.32. The van der Waals surface area contributed by atoms with E-state index in [0.29, 0.717) is 11.3 Å². The number of carbonyl (C=O) groups excluding carboxylic acids is 2. The summed E-state index contributed by atoms with van der Waals surface area (Å²) in [6.45, 7) is 0.717. The summed E-state index contributed by atoms with van der Waals surface area (Å²) in [6.07, 6.45) is 2.68. The minimum atomic E-state index is -0.0359. The largest absolute Gasteiger partial charge is 0.484 e. The molecule has 2 aromatic carbocycles. The summed E-state index contributed by atoms with van der Waals surface area (Å²) >= 11 is 1.66. The van der Waals surface area contributed by atoms with Crippen LogP contribution in [0.25, 0.3) is 10.2 Å². The molecule has 3 aromatic rings. The van der Waals surface area contributed by atoms with E-state index in [1.54, 1.807) is 35.6 Å². The zero-order valence-corrected chi connectivity index (χ0v) is 14.9. The Morgan fingerprint density at radius 3 is 2.81 bits per heavy atom. The van der Waals surface area contributed by atoms with Gasteiger partial charge in [-0.2, -0.15) is 0 Å². The lowest BCUT2D eigenvalue weighted by molar-refractivity contribution is -0.134. The zero-order chi connectivity index (χ0) is 17.9. The molecule has 26 heavy (non-hydrogen) atoms. The Hall–Kier alpha value is -2.73. The third-order valence-electron chi connectivity index (χ3n) is 4.55. The molecule has 1 aliphatic rings. The van der Waals surface area contributed by atoms with E-state index in [2.05, 4.69) is 6.07 Å². The van der Waals surface area contributed by atoms with E-state index in [1.165, 1.54) is 0 Å². The fourth-order valence-electron chi connectivity index (χ4n) is 3.23.